The molecule has 0 saturated heterocycles. The van der Waals surface area contributed by atoms with Gasteiger partial charge in [0.05, 0.1) is 6.61 Å². The van der Waals surface area contributed by atoms with Gasteiger partial charge in [-0.2, -0.15) is 0 Å². The van der Waals surface area contributed by atoms with Gasteiger partial charge < -0.3 is 20.9 Å². The van der Waals surface area contributed by atoms with Crippen molar-refractivity contribution < 1.29 is 23.9 Å². The summed E-state index contributed by atoms with van der Waals surface area (Å²) in [6.07, 6.45) is 0. The van der Waals surface area contributed by atoms with Gasteiger partial charge in [-0.3, -0.25) is 10.1 Å². The van der Waals surface area contributed by atoms with Gasteiger partial charge >= 0.3 is 12.0 Å². The summed E-state index contributed by atoms with van der Waals surface area (Å²) < 4.78 is 9.99. The molecule has 0 bridgehead atoms. The largest absolute Gasteiger partial charge is 0.483 e. The number of primary amides is 1. The second-order valence-electron chi connectivity index (χ2n) is 3.68. The number of amides is 3. The topological polar surface area (TPSA) is 134 Å². The first-order chi connectivity index (χ1) is 9.43. The Morgan fingerprint density at radius 3 is 2.60 bits per heavy atom. The molecule has 0 saturated carbocycles. The second kappa shape index (κ2) is 6.98. The van der Waals surface area contributed by atoms with Crippen LogP contribution in [0.2, 0.25) is 0 Å². The molecule has 0 aliphatic rings. The molecule has 3 amide bonds. The highest BCUT2D eigenvalue weighted by Gasteiger charge is 2.15. The first-order valence-electron chi connectivity index (χ1n) is 5.72. The molecular weight excluding hydrogens is 266 g/mol. The van der Waals surface area contributed by atoms with Crippen LogP contribution in [-0.2, 0) is 9.53 Å². The number of nitrogens with one attached hydrogen (secondary N) is 1. The zero-order valence-electron chi connectivity index (χ0n) is 10.8. The van der Waals surface area contributed by atoms with Crippen molar-refractivity contribution in [2.45, 2.75) is 6.92 Å². The van der Waals surface area contributed by atoms with E-state index in [1.54, 1.807) is 6.92 Å². The van der Waals surface area contributed by atoms with Gasteiger partial charge in [-0.25, -0.2) is 9.59 Å². The highest BCUT2D eigenvalue weighted by atomic mass is 16.5. The Balaban J connectivity index is 2.81. The minimum atomic E-state index is -0.985. The van der Waals surface area contributed by atoms with Gasteiger partial charge in [0.1, 0.15) is 11.3 Å². The van der Waals surface area contributed by atoms with Crippen LogP contribution in [0, 0.1) is 0 Å². The van der Waals surface area contributed by atoms with E-state index in [-0.39, 0.29) is 17.9 Å². The minimum Gasteiger partial charge on any atom is -0.483 e. The first kappa shape index (κ1) is 15.3. The lowest BCUT2D eigenvalue weighted by molar-refractivity contribution is -0.121. The molecule has 0 unspecified atom stereocenters. The average molecular weight is 281 g/mol. The maximum absolute atomic E-state index is 11.7. The predicted molar refractivity (Wildman–Crippen MR) is 70.0 cm³/mol. The van der Waals surface area contributed by atoms with E-state index in [1.807, 2.05) is 5.32 Å². The highest BCUT2D eigenvalue weighted by molar-refractivity contribution is 5.95. The molecule has 8 heteroatoms. The summed E-state index contributed by atoms with van der Waals surface area (Å²) in [7, 11) is 0. The lowest BCUT2D eigenvalue weighted by Crippen LogP contribution is -2.38. The summed E-state index contributed by atoms with van der Waals surface area (Å²) in [6.45, 7) is 1.37. The van der Waals surface area contributed by atoms with E-state index in [9.17, 15) is 14.4 Å². The number of hydrogen-bond donors (Lipinski definition) is 3. The summed E-state index contributed by atoms with van der Waals surface area (Å²) in [5.41, 5.74) is 10.8. The SMILES string of the molecule is CCOC(=O)c1cc(N)ccc1OCC(=O)NC(N)=O. The number of esters is 1. The summed E-state index contributed by atoms with van der Waals surface area (Å²) in [5.74, 6) is -1.23. The zero-order chi connectivity index (χ0) is 15.1. The molecule has 20 heavy (non-hydrogen) atoms. The smallest absolute Gasteiger partial charge is 0.341 e. The van der Waals surface area contributed by atoms with Crippen LogP contribution in [0.5, 0.6) is 5.75 Å². The third kappa shape index (κ3) is 4.48. The van der Waals surface area contributed by atoms with E-state index in [2.05, 4.69) is 0 Å². The van der Waals surface area contributed by atoms with Crippen molar-refractivity contribution in [1.29, 1.82) is 0 Å². The molecule has 5 N–H and O–H groups in total. The van der Waals surface area contributed by atoms with Gasteiger partial charge in [-0.1, -0.05) is 0 Å². The Bertz CT molecular complexity index is 530. The van der Waals surface area contributed by atoms with E-state index in [4.69, 9.17) is 20.9 Å². The van der Waals surface area contributed by atoms with Crippen LogP contribution in [-0.4, -0.2) is 31.1 Å². The van der Waals surface area contributed by atoms with Gasteiger partial charge in [0, 0.05) is 5.69 Å². The van der Waals surface area contributed by atoms with Crippen LogP contribution in [0.1, 0.15) is 17.3 Å². The number of rotatable bonds is 5. The maximum atomic E-state index is 11.7. The number of benzene rings is 1. The quantitative estimate of drug-likeness (QED) is 0.514. The van der Waals surface area contributed by atoms with Crippen molar-refractivity contribution in [3.8, 4) is 5.75 Å². The predicted octanol–water partition coefficient (Wildman–Crippen LogP) is 0.0192. The summed E-state index contributed by atoms with van der Waals surface area (Å²) in [6, 6.07) is 3.32. The van der Waals surface area contributed by atoms with Gasteiger partial charge in [0.25, 0.3) is 5.91 Å². The molecule has 0 spiro atoms. The van der Waals surface area contributed by atoms with E-state index in [0.29, 0.717) is 5.69 Å². The van der Waals surface area contributed by atoms with Gasteiger partial charge in [0.15, 0.2) is 6.61 Å². The number of ether oxygens (including phenoxy) is 2. The number of carbonyl (C=O) groups excluding carboxylic acids is 3. The van der Waals surface area contributed by atoms with Crippen molar-refractivity contribution >= 4 is 23.6 Å². The van der Waals surface area contributed by atoms with Crippen LogP contribution >= 0.6 is 0 Å². The van der Waals surface area contributed by atoms with Crippen molar-refractivity contribution in [2.75, 3.05) is 18.9 Å². The third-order valence-corrected chi connectivity index (χ3v) is 2.12. The van der Waals surface area contributed by atoms with Crippen LogP contribution in [0.4, 0.5) is 10.5 Å². The van der Waals surface area contributed by atoms with Gasteiger partial charge in [-0.05, 0) is 25.1 Å². The molecule has 0 aliphatic heterocycles. The fourth-order valence-corrected chi connectivity index (χ4v) is 1.36. The zero-order valence-corrected chi connectivity index (χ0v) is 10.8. The van der Waals surface area contributed by atoms with Crippen LogP contribution in [0.3, 0.4) is 0 Å². The Kier molecular flexibility index (Phi) is 5.33. The summed E-state index contributed by atoms with van der Waals surface area (Å²) in [4.78, 5) is 33.4. The van der Waals surface area contributed by atoms with Crippen molar-refractivity contribution in [3.63, 3.8) is 0 Å². The Morgan fingerprint density at radius 1 is 1.30 bits per heavy atom. The number of anilines is 1. The highest BCUT2D eigenvalue weighted by Crippen LogP contribution is 2.22. The molecule has 108 valence electrons. The van der Waals surface area contributed by atoms with E-state index in [1.165, 1.54) is 18.2 Å². The Morgan fingerprint density at radius 2 is 2.00 bits per heavy atom. The van der Waals surface area contributed by atoms with Gasteiger partial charge in [0.2, 0.25) is 0 Å². The van der Waals surface area contributed by atoms with E-state index < -0.39 is 24.5 Å². The van der Waals surface area contributed by atoms with Crippen molar-refractivity contribution in [2.24, 2.45) is 5.73 Å². The van der Waals surface area contributed by atoms with Crippen LogP contribution in [0.25, 0.3) is 0 Å². The standard InChI is InChI=1S/C12H15N3O5/c1-2-19-11(17)8-5-7(13)3-4-9(8)20-6-10(16)15-12(14)18/h3-5H,2,6,13H2,1H3,(H3,14,15,16,18). The number of imide groups is 1. The molecular formula is C12H15N3O5. The monoisotopic (exact) mass is 281 g/mol. The minimum absolute atomic E-state index is 0.0960. The first-order valence-corrected chi connectivity index (χ1v) is 5.72. The lowest BCUT2D eigenvalue weighted by Gasteiger charge is -2.11. The fraction of sp³-hybridized carbons (Fsp3) is 0.250. The molecule has 0 aliphatic carbocycles. The fourth-order valence-electron chi connectivity index (χ4n) is 1.36. The molecule has 1 rings (SSSR count). The van der Waals surface area contributed by atoms with E-state index in [0.717, 1.165) is 0 Å². The molecule has 0 radical (unpaired) electrons. The molecule has 0 atom stereocenters. The normalized spacial score (nSPS) is 9.65. The molecule has 1 aromatic carbocycles. The maximum Gasteiger partial charge on any atom is 0.341 e. The van der Waals surface area contributed by atoms with Gasteiger partial charge in [-0.15, -0.1) is 0 Å². The van der Waals surface area contributed by atoms with E-state index >= 15 is 0 Å². The van der Waals surface area contributed by atoms with Crippen molar-refractivity contribution in [3.05, 3.63) is 23.8 Å². The molecule has 0 aromatic heterocycles. The molecule has 1 aromatic rings. The third-order valence-electron chi connectivity index (χ3n) is 2.12. The Hall–Kier alpha value is -2.77. The van der Waals surface area contributed by atoms with Crippen LogP contribution in [0.15, 0.2) is 18.2 Å². The van der Waals surface area contributed by atoms with Crippen LogP contribution < -0.4 is 21.5 Å². The molecule has 8 nitrogen and oxygen atoms in total. The number of hydrogen-bond acceptors (Lipinski definition) is 6. The number of urea groups is 1. The molecule has 0 heterocycles. The number of carbonyl (C=O) groups is 3. The second-order valence-corrected chi connectivity index (χ2v) is 3.68. The molecule has 0 fully saturated rings. The number of nitrogen functional groups attached to an aromatic ring is 1. The lowest BCUT2D eigenvalue weighted by atomic mass is 10.2. The summed E-state index contributed by atoms with van der Waals surface area (Å²) >= 11 is 0. The van der Waals surface area contributed by atoms with Crippen molar-refractivity contribution in [1.82, 2.24) is 5.32 Å². The Labute approximate surface area is 115 Å². The summed E-state index contributed by atoms with van der Waals surface area (Å²) in [5, 5.41) is 1.83. The number of nitrogens with two attached hydrogens (primary N) is 2. The average Bonchev–Trinajstić information content (AvgIpc) is 2.36.